The van der Waals surface area contributed by atoms with Crippen LogP contribution in [-0.4, -0.2) is 22.7 Å². The summed E-state index contributed by atoms with van der Waals surface area (Å²) in [5.41, 5.74) is 2.08. The minimum Gasteiger partial charge on any atom is -0.494 e. The van der Waals surface area contributed by atoms with Crippen LogP contribution in [0.3, 0.4) is 0 Å². The largest absolute Gasteiger partial charge is 0.494 e. The van der Waals surface area contributed by atoms with Gasteiger partial charge in [0.05, 0.1) is 6.61 Å². The first-order valence-corrected chi connectivity index (χ1v) is 9.61. The highest BCUT2D eigenvalue weighted by atomic mass is 16.5. The minimum absolute atomic E-state index is 0.0243. The van der Waals surface area contributed by atoms with Crippen LogP contribution in [0.4, 0.5) is 0 Å². The second-order valence-electron chi connectivity index (χ2n) is 7.83. The molecule has 0 fully saturated rings. The predicted molar refractivity (Wildman–Crippen MR) is 105 cm³/mol. The third-order valence-corrected chi connectivity index (χ3v) is 4.20. The summed E-state index contributed by atoms with van der Waals surface area (Å²) in [6.07, 6.45) is 2.71. The average Bonchev–Trinajstić information content (AvgIpc) is 3.08. The Hall–Kier alpha value is -2.37. The van der Waals surface area contributed by atoms with Gasteiger partial charge in [0.1, 0.15) is 5.75 Å². The molecule has 1 heterocycles. The van der Waals surface area contributed by atoms with E-state index in [0.29, 0.717) is 44.1 Å². The first-order valence-electron chi connectivity index (χ1n) is 9.61. The number of carbonyl (C=O) groups is 1. The molecular formula is C21H31N3O3. The fourth-order valence-corrected chi connectivity index (χ4v) is 2.52. The topological polar surface area (TPSA) is 77.2 Å². The Bertz CT molecular complexity index is 747. The molecule has 0 spiro atoms. The van der Waals surface area contributed by atoms with E-state index in [1.54, 1.807) is 0 Å². The Labute approximate surface area is 161 Å². The molecule has 0 radical (unpaired) electrons. The minimum atomic E-state index is -0.131. The molecule has 2 aromatic rings. The standard InChI is InChI=1S/C21H31N3O3/c1-6-12-26-17-11-10-16(15(2)13-17)14-22-18(25)8-7-9-19-23-20(24-27-19)21(3,4)5/h10-11,13H,6-9,12,14H2,1-5H3,(H,22,25). The number of rotatable bonds is 9. The molecule has 0 bridgehead atoms. The highest BCUT2D eigenvalue weighted by Gasteiger charge is 2.20. The fourth-order valence-electron chi connectivity index (χ4n) is 2.52. The van der Waals surface area contributed by atoms with Gasteiger partial charge in [-0.15, -0.1) is 0 Å². The smallest absolute Gasteiger partial charge is 0.226 e. The lowest BCUT2D eigenvalue weighted by Gasteiger charge is -2.11. The van der Waals surface area contributed by atoms with Crippen molar-refractivity contribution in [2.24, 2.45) is 0 Å². The summed E-state index contributed by atoms with van der Waals surface area (Å²) in [5, 5.41) is 6.97. The van der Waals surface area contributed by atoms with Crippen LogP contribution < -0.4 is 10.1 Å². The molecule has 0 saturated heterocycles. The molecule has 27 heavy (non-hydrogen) atoms. The number of benzene rings is 1. The molecule has 1 aromatic heterocycles. The van der Waals surface area contributed by atoms with Crippen molar-refractivity contribution in [3.05, 3.63) is 41.0 Å². The molecule has 6 heteroatoms. The second kappa shape index (κ2) is 9.53. The van der Waals surface area contributed by atoms with Crippen molar-refractivity contribution < 1.29 is 14.1 Å². The van der Waals surface area contributed by atoms with Gasteiger partial charge in [-0.05, 0) is 43.0 Å². The molecule has 6 nitrogen and oxygen atoms in total. The van der Waals surface area contributed by atoms with Crippen molar-refractivity contribution in [2.45, 2.75) is 72.3 Å². The van der Waals surface area contributed by atoms with Crippen LogP contribution in [0.1, 0.15) is 69.8 Å². The molecule has 2 rings (SSSR count). The third-order valence-electron chi connectivity index (χ3n) is 4.20. The Morgan fingerprint density at radius 3 is 2.70 bits per heavy atom. The van der Waals surface area contributed by atoms with E-state index in [0.717, 1.165) is 23.3 Å². The molecule has 0 unspecified atom stereocenters. The van der Waals surface area contributed by atoms with Crippen molar-refractivity contribution in [1.29, 1.82) is 0 Å². The zero-order chi connectivity index (χ0) is 19.9. The highest BCUT2D eigenvalue weighted by molar-refractivity contribution is 5.75. The van der Waals surface area contributed by atoms with Crippen molar-refractivity contribution in [3.8, 4) is 5.75 Å². The molecule has 148 valence electrons. The van der Waals surface area contributed by atoms with Gasteiger partial charge in [0.2, 0.25) is 11.8 Å². The molecule has 1 N–H and O–H groups in total. The molecule has 0 aliphatic heterocycles. The van der Waals surface area contributed by atoms with Gasteiger partial charge in [-0.2, -0.15) is 4.98 Å². The predicted octanol–water partition coefficient (Wildman–Crippen LogP) is 4.10. The first-order chi connectivity index (χ1) is 12.8. The maximum absolute atomic E-state index is 12.1. The molecule has 1 aromatic carbocycles. The second-order valence-corrected chi connectivity index (χ2v) is 7.83. The summed E-state index contributed by atoms with van der Waals surface area (Å²) in [7, 11) is 0. The summed E-state index contributed by atoms with van der Waals surface area (Å²) in [6, 6.07) is 5.97. The Morgan fingerprint density at radius 1 is 1.30 bits per heavy atom. The first kappa shape index (κ1) is 20.9. The van der Waals surface area contributed by atoms with Gasteiger partial charge >= 0.3 is 0 Å². The zero-order valence-corrected chi connectivity index (χ0v) is 17.1. The van der Waals surface area contributed by atoms with Gasteiger partial charge in [-0.3, -0.25) is 4.79 Å². The lowest BCUT2D eigenvalue weighted by atomic mass is 9.96. The van der Waals surface area contributed by atoms with E-state index in [9.17, 15) is 4.79 Å². The normalized spacial score (nSPS) is 11.4. The number of nitrogens with zero attached hydrogens (tertiary/aromatic N) is 2. The van der Waals surface area contributed by atoms with E-state index < -0.39 is 0 Å². The number of hydrogen-bond donors (Lipinski definition) is 1. The van der Waals surface area contributed by atoms with Crippen LogP contribution in [0.5, 0.6) is 5.75 Å². The molecular weight excluding hydrogens is 342 g/mol. The van der Waals surface area contributed by atoms with Crippen LogP contribution in [0.15, 0.2) is 22.7 Å². The summed E-state index contributed by atoms with van der Waals surface area (Å²) < 4.78 is 10.9. The van der Waals surface area contributed by atoms with Crippen LogP contribution in [-0.2, 0) is 23.2 Å². The quantitative estimate of drug-likeness (QED) is 0.716. The average molecular weight is 373 g/mol. The number of nitrogens with one attached hydrogen (secondary N) is 1. The van der Waals surface area contributed by atoms with E-state index in [1.165, 1.54) is 0 Å². The summed E-state index contributed by atoms with van der Waals surface area (Å²) in [5.74, 6) is 2.19. The Morgan fingerprint density at radius 2 is 2.07 bits per heavy atom. The van der Waals surface area contributed by atoms with Crippen molar-refractivity contribution in [2.75, 3.05) is 6.61 Å². The highest BCUT2D eigenvalue weighted by Crippen LogP contribution is 2.19. The maximum atomic E-state index is 12.1. The lowest BCUT2D eigenvalue weighted by molar-refractivity contribution is -0.121. The van der Waals surface area contributed by atoms with Gasteiger partial charge in [0.15, 0.2) is 5.82 Å². The van der Waals surface area contributed by atoms with E-state index in [4.69, 9.17) is 9.26 Å². The number of ether oxygens (including phenoxy) is 1. The number of aromatic nitrogens is 2. The maximum Gasteiger partial charge on any atom is 0.226 e. The molecule has 1 amide bonds. The van der Waals surface area contributed by atoms with Crippen molar-refractivity contribution >= 4 is 5.91 Å². The number of aryl methyl sites for hydroxylation is 2. The van der Waals surface area contributed by atoms with Crippen LogP contribution >= 0.6 is 0 Å². The summed E-state index contributed by atoms with van der Waals surface area (Å²) in [4.78, 5) is 16.5. The Kier molecular flexibility index (Phi) is 7.39. The SMILES string of the molecule is CCCOc1ccc(CNC(=O)CCCc2nc(C(C)(C)C)no2)c(C)c1. The molecule has 0 aliphatic carbocycles. The zero-order valence-electron chi connectivity index (χ0n) is 17.1. The van der Waals surface area contributed by atoms with Crippen LogP contribution in [0, 0.1) is 6.92 Å². The van der Waals surface area contributed by atoms with Crippen LogP contribution in [0.2, 0.25) is 0 Å². The Balaban J connectivity index is 1.74. The fraction of sp³-hybridized carbons (Fsp3) is 0.571. The summed E-state index contributed by atoms with van der Waals surface area (Å²) >= 11 is 0. The van der Waals surface area contributed by atoms with Gasteiger partial charge in [-0.25, -0.2) is 0 Å². The lowest BCUT2D eigenvalue weighted by Crippen LogP contribution is -2.23. The third kappa shape index (κ3) is 6.70. The molecule has 0 saturated carbocycles. The molecule has 0 atom stereocenters. The van der Waals surface area contributed by atoms with E-state index in [2.05, 4.69) is 22.4 Å². The monoisotopic (exact) mass is 373 g/mol. The summed E-state index contributed by atoms with van der Waals surface area (Å²) in [6.45, 7) is 11.5. The van der Waals surface area contributed by atoms with E-state index >= 15 is 0 Å². The number of carbonyl (C=O) groups excluding carboxylic acids is 1. The van der Waals surface area contributed by atoms with Gasteiger partial charge in [0.25, 0.3) is 0 Å². The van der Waals surface area contributed by atoms with Crippen molar-refractivity contribution in [1.82, 2.24) is 15.5 Å². The van der Waals surface area contributed by atoms with Gasteiger partial charge in [-0.1, -0.05) is 38.9 Å². The van der Waals surface area contributed by atoms with E-state index in [1.807, 2.05) is 45.9 Å². The number of hydrogen-bond acceptors (Lipinski definition) is 5. The molecule has 0 aliphatic rings. The van der Waals surface area contributed by atoms with Gasteiger partial charge < -0.3 is 14.6 Å². The number of amides is 1. The van der Waals surface area contributed by atoms with Crippen LogP contribution in [0.25, 0.3) is 0 Å². The van der Waals surface area contributed by atoms with Gasteiger partial charge in [0, 0.05) is 24.8 Å². The van der Waals surface area contributed by atoms with E-state index in [-0.39, 0.29) is 11.3 Å². The van der Waals surface area contributed by atoms with Crippen molar-refractivity contribution in [3.63, 3.8) is 0 Å².